The Morgan fingerprint density at radius 1 is 1.32 bits per heavy atom. The molecule has 136 valence electrons. The molecule has 0 aliphatic carbocycles. The fourth-order valence-electron chi connectivity index (χ4n) is 2.65. The summed E-state index contributed by atoms with van der Waals surface area (Å²) in [4.78, 5) is 12.6. The molecule has 1 N–H and O–H groups in total. The average molecular weight is 385 g/mol. The molecule has 0 radical (unpaired) electrons. The van der Waals surface area contributed by atoms with Crippen molar-refractivity contribution < 1.29 is 22.5 Å². The first-order chi connectivity index (χ1) is 11.8. The predicted octanol–water partition coefficient (Wildman–Crippen LogP) is 2.09. The van der Waals surface area contributed by atoms with E-state index in [1.807, 2.05) is 13.8 Å². The second-order valence-electron chi connectivity index (χ2n) is 6.00. The van der Waals surface area contributed by atoms with Crippen LogP contribution in [-0.4, -0.2) is 49.1 Å². The molecule has 1 saturated heterocycles. The number of anilines is 1. The van der Waals surface area contributed by atoms with E-state index < -0.39 is 15.9 Å². The summed E-state index contributed by atoms with van der Waals surface area (Å²) in [6.45, 7) is 5.97. The predicted molar refractivity (Wildman–Crippen MR) is 92.3 cm³/mol. The van der Waals surface area contributed by atoms with Crippen LogP contribution in [0.2, 0.25) is 0 Å². The highest BCUT2D eigenvalue weighted by molar-refractivity contribution is 7.89. The summed E-state index contributed by atoms with van der Waals surface area (Å²) in [5, 5.41) is 7.74. The molecule has 0 unspecified atom stereocenters. The van der Waals surface area contributed by atoms with Gasteiger partial charge in [0.15, 0.2) is 5.82 Å². The number of hydrogen-bond donors (Lipinski definition) is 1. The Balaban J connectivity index is 1.76. The molecule has 2 aromatic rings. The van der Waals surface area contributed by atoms with E-state index in [4.69, 9.17) is 9.26 Å². The molecule has 1 aliphatic heterocycles. The van der Waals surface area contributed by atoms with Crippen molar-refractivity contribution in [2.45, 2.75) is 37.9 Å². The van der Waals surface area contributed by atoms with Gasteiger partial charge in [-0.1, -0.05) is 5.16 Å². The maximum absolute atomic E-state index is 12.8. The van der Waals surface area contributed by atoms with Crippen LogP contribution >= 0.6 is 11.3 Å². The number of nitrogens with zero attached hydrogens (tertiary/aromatic N) is 2. The molecule has 25 heavy (non-hydrogen) atoms. The van der Waals surface area contributed by atoms with Gasteiger partial charge >= 0.3 is 0 Å². The fourth-order valence-corrected chi connectivity index (χ4v) is 5.40. The third kappa shape index (κ3) is 3.92. The van der Waals surface area contributed by atoms with E-state index >= 15 is 0 Å². The molecule has 1 aliphatic rings. The molecule has 0 bridgehead atoms. The molecule has 1 amide bonds. The summed E-state index contributed by atoms with van der Waals surface area (Å²) in [6, 6.07) is 2.97. The van der Waals surface area contributed by atoms with Crippen molar-refractivity contribution >= 4 is 33.1 Å². The van der Waals surface area contributed by atoms with Gasteiger partial charge in [0.05, 0.1) is 22.0 Å². The first-order valence-corrected chi connectivity index (χ1v) is 10.1. The minimum Gasteiger partial charge on any atom is -0.373 e. The molecule has 1 fully saturated rings. The highest BCUT2D eigenvalue weighted by atomic mass is 32.2. The van der Waals surface area contributed by atoms with Crippen LogP contribution in [0.4, 0.5) is 5.82 Å². The lowest BCUT2D eigenvalue weighted by Gasteiger charge is -2.34. The first kappa shape index (κ1) is 18.1. The Morgan fingerprint density at radius 3 is 2.60 bits per heavy atom. The number of aryl methyl sites for hydroxylation is 1. The number of thiophene rings is 1. The Morgan fingerprint density at radius 2 is 2.00 bits per heavy atom. The topological polar surface area (TPSA) is 102 Å². The largest absolute Gasteiger partial charge is 0.373 e. The molecule has 0 saturated carbocycles. The van der Waals surface area contributed by atoms with Crippen LogP contribution in [0.1, 0.15) is 29.3 Å². The van der Waals surface area contributed by atoms with Crippen LogP contribution in [0.3, 0.4) is 0 Å². The molecule has 2 atom stereocenters. The summed E-state index contributed by atoms with van der Waals surface area (Å²) in [5.41, 5.74) is 0. The lowest BCUT2D eigenvalue weighted by atomic mass is 10.3. The van der Waals surface area contributed by atoms with Gasteiger partial charge in [-0.05, 0) is 26.8 Å². The van der Waals surface area contributed by atoms with Crippen molar-refractivity contribution in [3.05, 3.63) is 28.2 Å². The normalized spacial score (nSPS) is 22.0. The van der Waals surface area contributed by atoms with E-state index in [1.165, 1.54) is 15.8 Å². The van der Waals surface area contributed by atoms with Crippen LogP contribution in [0.15, 0.2) is 26.9 Å². The third-order valence-corrected chi connectivity index (χ3v) is 6.58. The van der Waals surface area contributed by atoms with Gasteiger partial charge in [-0.2, -0.15) is 4.31 Å². The minimum absolute atomic E-state index is 0.111. The molecule has 8 nitrogen and oxygen atoms in total. The molecule has 0 spiro atoms. The van der Waals surface area contributed by atoms with Gasteiger partial charge in [0.1, 0.15) is 5.76 Å². The zero-order valence-electron chi connectivity index (χ0n) is 14.1. The van der Waals surface area contributed by atoms with Crippen LogP contribution in [0, 0.1) is 6.92 Å². The number of ether oxygens (including phenoxy) is 1. The number of carbonyl (C=O) groups is 1. The van der Waals surface area contributed by atoms with Gasteiger partial charge in [-0.25, -0.2) is 8.42 Å². The van der Waals surface area contributed by atoms with Crippen LogP contribution < -0.4 is 5.32 Å². The summed E-state index contributed by atoms with van der Waals surface area (Å²) < 4.78 is 37.4. The minimum atomic E-state index is -3.66. The monoisotopic (exact) mass is 385 g/mol. The number of amides is 1. The quantitative estimate of drug-likeness (QED) is 0.865. The highest BCUT2D eigenvalue weighted by Crippen LogP contribution is 2.26. The summed E-state index contributed by atoms with van der Waals surface area (Å²) in [6.07, 6.45) is -0.342. The van der Waals surface area contributed by atoms with Gasteiger partial charge in [-0.3, -0.25) is 4.79 Å². The van der Waals surface area contributed by atoms with Crippen LogP contribution in [-0.2, 0) is 14.8 Å². The van der Waals surface area contributed by atoms with Crippen molar-refractivity contribution in [3.8, 4) is 0 Å². The van der Waals surface area contributed by atoms with E-state index in [-0.39, 0.29) is 27.8 Å². The Hall–Kier alpha value is -1.75. The molecule has 3 heterocycles. The maximum Gasteiger partial charge on any atom is 0.267 e. The van der Waals surface area contributed by atoms with E-state index in [1.54, 1.807) is 13.0 Å². The van der Waals surface area contributed by atoms with Crippen molar-refractivity contribution in [2.24, 2.45) is 0 Å². The lowest BCUT2D eigenvalue weighted by molar-refractivity contribution is -0.0440. The standard InChI is InChI=1S/C15H19N3O5S2/c1-9-4-14(17-23-9)16-15(19)13-5-12(8-24-13)25(20,21)18-6-10(2)22-11(3)7-18/h4-5,8,10-11H,6-7H2,1-3H3,(H,16,17,19)/t10-,11-/m0/s1. The lowest BCUT2D eigenvalue weighted by Crippen LogP contribution is -2.47. The first-order valence-electron chi connectivity index (χ1n) is 7.74. The number of carbonyl (C=O) groups excluding carboxylic acids is 1. The smallest absolute Gasteiger partial charge is 0.267 e. The highest BCUT2D eigenvalue weighted by Gasteiger charge is 2.33. The molecular weight excluding hydrogens is 366 g/mol. The van der Waals surface area contributed by atoms with Crippen molar-refractivity contribution in [3.63, 3.8) is 0 Å². The number of nitrogens with one attached hydrogen (secondary N) is 1. The second kappa shape index (κ2) is 6.87. The maximum atomic E-state index is 12.8. The van der Waals surface area contributed by atoms with E-state index in [0.29, 0.717) is 18.8 Å². The number of rotatable bonds is 4. The van der Waals surface area contributed by atoms with Crippen molar-refractivity contribution in [1.29, 1.82) is 0 Å². The van der Waals surface area contributed by atoms with Gasteiger partial charge in [0.25, 0.3) is 5.91 Å². The van der Waals surface area contributed by atoms with Gasteiger partial charge in [0.2, 0.25) is 10.0 Å². The number of hydrogen-bond acceptors (Lipinski definition) is 7. The molecular formula is C15H19N3O5S2. The zero-order chi connectivity index (χ0) is 18.2. The zero-order valence-corrected chi connectivity index (χ0v) is 15.7. The molecule has 2 aromatic heterocycles. The van der Waals surface area contributed by atoms with E-state index in [9.17, 15) is 13.2 Å². The fraction of sp³-hybridized carbons (Fsp3) is 0.467. The Bertz CT molecular complexity index is 863. The molecule has 0 aromatic carbocycles. The average Bonchev–Trinajstić information content (AvgIpc) is 3.16. The molecule has 3 rings (SSSR count). The summed E-state index contributed by atoms with van der Waals surface area (Å²) >= 11 is 1.07. The van der Waals surface area contributed by atoms with Gasteiger partial charge in [-0.15, -0.1) is 11.3 Å². The summed E-state index contributed by atoms with van der Waals surface area (Å²) in [7, 11) is -3.66. The SMILES string of the molecule is Cc1cc(NC(=O)c2cc(S(=O)(=O)N3C[C@H](C)O[C@@H](C)C3)cs2)no1. The van der Waals surface area contributed by atoms with Crippen molar-refractivity contribution in [2.75, 3.05) is 18.4 Å². The third-order valence-electron chi connectivity index (χ3n) is 3.69. The Labute approximate surface area is 149 Å². The van der Waals surface area contributed by atoms with Crippen LogP contribution in [0.25, 0.3) is 0 Å². The molecule has 10 heteroatoms. The van der Waals surface area contributed by atoms with E-state index in [0.717, 1.165) is 11.3 Å². The number of morpholine rings is 1. The second-order valence-corrected chi connectivity index (χ2v) is 8.85. The number of aromatic nitrogens is 1. The van der Waals surface area contributed by atoms with Crippen LogP contribution in [0.5, 0.6) is 0 Å². The Kier molecular flexibility index (Phi) is 4.96. The summed E-state index contributed by atoms with van der Waals surface area (Å²) in [5.74, 6) is 0.430. The van der Waals surface area contributed by atoms with Gasteiger partial charge in [0, 0.05) is 24.5 Å². The number of sulfonamides is 1. The van der Waals surface area contributed by atoms with Crippen molar-refractivity contribution in [1.82, 2.24) is 9.46 Å². The van der Waals surface area contributed by atoms with Gasteiger partial charge < -0.3 is 14.6 Å². The van der Waals surface area contributed by atoms with E-state index in [2.05, 4.69) is 10.5 Å².